The van der Waals surface area contributed by atoms with Crippen molar-refractivity contribution >= 4 is 34.4 Å². The Morgan fingerprint density at radius 2 is 2.04 bits per heavy atom. The van der Waals surface area contributed by atoms with Gasteiger partial charge in [-0.25, -0.2) is 4.98 Å². The highest BCUT2D eigenvalue weighted by atomic mass is 32.2. The number of benzene rings is 1. The quantitative estimate of drug-likeness (QED) is 0.501. The van der Waals surface area contributed by atoms with Crippen molar-refractivity contribution in [2.24, 2.45) is 0 Å². The van der Waals surface area contributed by atoms with Gasteiger partial charge in [-0.15, -0.1) is 0 Å². The third-order valence-corrected chi connectivity index (χ3v) is 4.96. The molecule has 0 atom stereocenters. The van der Waals surface area contributed by atoms with Crippen molar-refractivity contribution in [3.05, 3.63) is 46.4 Å². The summed E-state index contributed by atoms with van der Waals surface area (Å²) >= 11 is 1.25. The number of rotatable bonds is 6. The van der Waals surface area contributed by atoms with Crippen LogP contribution in [0.1, 0.15) is 25.6 Å². The van der Waals surface area contributed by atoms with Crippen LogP contribution in [0.4, 0.5) is 5.69 Å². The zero-order valence-corrected chi connectivity index (χ0v) is 16.5. The van der Waals surface area contributed by atoms with Gasteiger partial charge in [0.2, 0.25) is 5.91 Å². The number of aryl methyl sites for hydroxylation is 1. The lowest BCUT2D eigenvalue weighted by Gasteiger charge is -2.15. The maximum atomic E-state index is 12.8. The molecule has 0 bridgehead atoms. The molecule has 0 aliphatic carbocycles. The van der Waals surface area contributed by atoms with Crippen LogP contribution in [0.5, 0.6) is 5.75 Å². The van der Waals surface area contributed by atoms with Crippen LogP contribution in [0.3, 0.4) is 0 Å². The minimum atomic E-state index is -0.167. The molecule has 3 aromatic rings. The van der Waals surface area contributed by atoms with Crippen molar-refractivity contribution in [3.63, 3.8) is 0 Å². The summed E-state index contributed by atoms with van der Waals surface area (Å²) in [6, 6.07) is 8.89. The summed E-state index contributed by atoms with van der Waals surface area (Å²) in [5.74, 6) is 0.711. The first-order valence-electron chi connectivity index (χ1n) is 8.57. The lowest BCUT2D eigenvalue weighted by Crippen LogP contribution is -2.25. The smallest absolute Gasteiger partial charge is 0.278 e. The molecule has 2 heterocycles. The van der Waals surface area contributed by atoms with E-state index in [9.17, 15) is 9.59 Å². The van der Waals surface area contributed by atoms with Gasteiger partial charge in [0.1, 0.15) is 11.3 Å². The molecule has 0 spiro atoms. The minimum absolute atomic E-state index is 0.0647. The Morgan fingerprint density at radius 3 is 2.67 bits per heavy atom. The highest BCUT2D eigenvalue weighted by Gasteiger charge is 2.16. The topological polar surface area (TPSA) is 89.0 Å². The molecule has 0 unspecified atom stereocenters. The van der Waals surface area contributed by atoms with Gasteiger partial charge in [-0.05, 0) is 51.1 Å². The number of hydrogen-bond acceptors (Lipinski definition) is 5. The van der Waals surface area contributed by atoms with E-state index >= 15 is 0 Å². The fourth-order valence-corrected chi connectivity index (χ4v) is 3.68. The molecular weight excluding hydrogens is 364 g/mol. The highest BCUT2D eigenvalue weighted by molar-refractivity contribution is 7.99. The molecule has 0 saturated heterocycles. The summed E-state index contributed by atoms with van der Waals surface area (Å²) in [6.45, 7) is 5.73. The van der Waals surface area contributed by atoms with E-state index in [4.69, 9.17) is 4.74 Å². The van der Waals surface area contributed by atoms with Crippen LogP contribution in [0, 0.1) is 6.92 Å². The van der Waals surface area contributed by atoms with Gasteiger partial charge in [0.15, 0.2) is 5.16 Å². The van der Waals surface area contributed by atoms with Crippen molar-refractivity contribution in [2.45, 2.75) is 32.0 Å². The van der Waals surface area contributed by atoms with Crippen LogP contribution in [-0.2, 0) is 4.79 Å². The van der Waals surface area contributed by atoms with Crippen molar-refractivity contribution < 1.29 is 9.53 Å². The molecular formula is C19H22N4O3S. The van der Waals surface area contributed by atoms with Crippen molar-refractivity contribution in [3.8, 4) is 5.75 Å². The van der Waals surface area contributed by atoms with E-state index in [2.05, 4.69) is 15.3 Å². The van der Waals surface area contributed by atoms with Crippen molar-refractivity contribution in [1.29, 1.82) is 0 Å². The lowest BCUT2D eigenvalue weighted by molar-refractivity contribution is -0.113. The van der Waals surface area contributed by atoms with Gasteiger partial charge in [0, 0.05) is 17.4 Å². The number of ether oxygens (including phenoxy) is 1. The van der Waals surface area contributed by atoms with E-state index in [0.29, 0.717) is 21.9 Å². The Bertz CT molecular complexity index is 1020. The Kier molecular flexibility index (Phi) is 5.55. The molecule has 0 radical (unpaired) electrons. The molecule has 3 rings (SSSR count). The maximum absolute atomic E-state index is 12.8. The van der Waals surface area contributed by atoms with Gasteiger partial charge in [0.05, 0.1) is 18.4 Å². The number of nitrogens with zero attached hydrogens (tertiary/aromatic N) is 2. The number of fused-ring (bicyclic) bond motifs is 1. The second-order valence-corrected chi connectivity index (χ2v) is 7.38. The number of amides is 1. The molecule has 0 aliphatic rings. The Labute approximate surface area is 161 Å². The monoisotopic (exact) mass is 386 g/mol. The largest absolute Gasteiger partial charge is 0.497 e. The van der Waals surface area contributed by atoms with Gasteiger partial charge in [0.25, 0.3) is 5.56 Å². The first-order chi connectivity index (χ1) is 12.9. The summed E-state index contributed by atoms with van der Waals surface area (Å²) in [6.07, 6.45) is 0. The molecule has 1 amide bonds. The zero-order valence-electron chi connectivity index (χ0n) is 15.7. The molecule has 2 N–H and O–H groups in total. The number of H-pyrrole nitrogens is 1. The van der Waals surface area contributed by atoms with Gasteiger partial charge in [-0.3, -0.25) is 14.2 Å². The van der Waals surface area contributed by atoms with Crippen LogP contribution in [-0.4, -0.2) is 33.3 Å². The number of carbonyl (C=O) groups is 1. The number of carbonyl (C=O) groups excluding carboxylic acids is 1. The van der Waals surface area contributed by atoms with Crippen LogP contribution in [0.25, 0.3) is 11.0 Å². The summed E-state index contributed by atoms with van der Waals surface area (Å²) in [5, 5.41) is 3.37. The minimum Gasteiger partial charge on any atom is -0.497 e. The maximum Gasteiger partial charge on any atom is 0.278 e. The Hall–Kier alpha value is -2.74. The summed E-state index contributed by atoms with van der Waals surface area (Å²) in [4.78, 5) is 32.7. The normalized spacial score (nSPS) is 11.1. The number of aromatic nitrogens is 3. The summed E-state index contributed by atoms with van der Waals surface area (Å²) < 4.78 is 6.72. The molecule has 0 saturated carbocycles. The van der Waals surface area contributed by atoms with Gasteiger partial charge in [-0.1, -0.05) is 11.8 Å². The fraction of sp³-hybridized carbons (Fsp3) is 0.316. The molecule has 0 fully saturated rings. The average molecular weight is 386 g/mol. The first kappa shape index (κ1) is 19.0. The Morgan fingerprint density at radius 1 is 1.33 bits per heavy atom. The van der Waals surface area contributed by atoms with E-state index in [0.717, 1.165) is 11.4 Å². The Balaban J connectivity index is 1.78. The number of anilines is 1. The number of hydrogen-bond donors (Lipinski definition) is 2. The third-order valence-electron chi connectivity index (χ3n) is 4.01. The second kappa shape index (κ2) is 7.87. The average Bonchev–Trinajstić information content (AvgIpc) is 3.01. The van der Waals surface area contributed by atoms with Gasteiger partial charge >= 0.3 is 0 Å². The van der Waals surface area contributed by atoms with Crippen LogP contribution in [0.2, 0.25) is 0 Å². The standard InChI is InChI=1S/C19H22N4O3S/c1-11(2)23-18(25)17-15(9-12(3)20-17)22-19(23)27-10-16(24)21-13-5-7-14(26-4)8-6-13/h5-9,11,20H,10H2,1-4H3,(H,21,24). The van der Waals surface area contributed by atoms with Gasteiger partial charge < -0.3 is 15.0 Å². The molecule has 1 aromatic carbocycles. The van der Waals surface area contributed by atoms with Crippen LogP contribution >= 0.6 is 11.8 Å². The molecule has 142 valence electrons. The van der Waals surface area contributed by atoms with E-state index in [1.54, 1.807) is 35.9 Å². The third kappa shape index (κ3) is 4.16. The number of aromatic amines is 1. The number of thioether (sulfide) groups is 1. The molecule has 7 nitrogen and oxygen atoms in total. The first-order valence-corrected chi connectivity index (χ1v) is 9.56. The molecule has 8 heteroatoms. The molecule has 0 aliphatic heterocycles. The van der Waals surface area contributed by atoms with E-state index in [-0.39, 0.29) is 23.3 Å². The zero-order chi connectivity index (χ0) is 19.6. The van der Waals surface area contributed by atoms with Crippen molar-refractivity contribution in [2.75, 3.05) is 18.2 Å². The summed E-state index contributed by atoms with van der Waals surface area (Å²) in [7, 11) is 1.59. The second-order valence-electron chi connectivity index (χ2n) is 6.44. The van der Waals surface area contributed by atoms with Crippen LogP contribution in [0.15, 0.2) is 40.3 Å². The highest BCUT2D eigenvalue weighted by Crippen LogP contribution is 2.22. The molecule has 27 heavy (non-hydrogen) atoms. The SMILES string of the molecule is COc1ccc(NC(=O)CSc2nc3cc(C)[nH]c3c(=O)n2C(C)C)cc1. The number of nitrogens with one attached hydrogen (secondary N) is 2. The predicted octanol–water partition coefficient (Wildman–Crippen LogP) is 3.35. The van der Waals surface area contributed by atoms with Crippen molar-refractivity contribution in [1.82, 2.24) is 14.5 Å². The lowest BCUT2D eigenvalue weighted by atomic mass is 10.3. The van der Waals surface area contributed by atoms with E-state index in [1.807, 2.05) is 26.8 Å². The van der Waals surface area contributed by atoms with E-state index < -0.39 is 0 Å². The predicted molar refractivity (Wildman–Crippen MR) is 108 cm³/mol. The van der Waals surface area contributed by atoms with Gasteiger partial charge in [-0.2, -0.15) is 0 Å². The number of methoxy groups -OCH3 is 1. The fourth-order valence-electron chi connectivity index (χ4n) is 2.75. The van der Waals surface area contributed by atoms with E-state index in [1.165, 1.54) is 11.8 Å². The molecule has 2 aromatic heterocycles. The van der Waals surface area contributed by atoms with Crippen LogP contribution < -0.4 is 15.6 Å². The summed E-state index contributed by atoms with van der Waals surface area (Å²) in [5.41, 5.74) is 2.55.